The van der Waals surface area contributed by atoms with Crippen LogP contribution in [0.15, 0.2) is 0 Å². The van der Waals surface area contributed by atoms with Crippen LogP contribution in [0.4, 0.5) is 0 Å². The lowest BCUT2D eigenvalue weighted by Crippen LogP contribution is -2.32. The third-order valence-corrected chi connectivity index (χ3v) is 4.29. The third-order valence-electron chi connectivity index (χ3n) is 4.29. The van der Waals surface area contributed by atoms with Gasteiger partial charge in [0.05, 0.1) is 0 Å². The van der Waals surface area contributed by atoms with E-state index < -0.39 is 0 Å². The monoisotopic (exact) mass is 210 g/mol. The molecule has 0 amide bonds. The quantitative estimate of drug-likeness (QED) is 0.725. The lowest BCUT2D eigenvalue weighted by atomic mass is 9.96. The molecule has 1 saturated carbocycles. The highest BCUT2D eigenvalue weighted by molar-refractivity contribution is 4.80. The molecular formula is C13H26N2. The predicted octanol–water partition coefficient (Wildman–Crippen LogP) is 2.38. The first-order valence-corrected chi connectivity index (χ1v) is 6.84. The molecule has 88 valence electrons. The minimum atomic E-state index is 0.888. The van der Waals surface area contributed by atoms with Crippen molar-refractivity contribution in [3.05, 3.63) is 0 Å². The molecule has 2 heteroatoms. The largest absolute Gasteiger partial charge is 0.330 e. The van der Waals surface area contributed by atoms with Crippen LogP contribution in [0.2, 0.25) is 0 Å². The number of rotatable bonds is 3. The van der Waals surface area contributed by atoms with Gasteiger partial charge in [0, 0.05) is 6.04 Å². The fraction of sp³-hybridized carbons (Fsp3) is 1.00. The Morgan fingerprint density at radius 3 is 2.47 bits per heavy atom. The summed E-state index contributed by atoms with van der Waals surface area (Å²) >= 11 is 0. The smallest absolute Gasteiger partial charge is 0.00953 e. The second-order valence-electron chi connectivity index (χ2n) is 5.35. The Labute approximate surface area is 94.2 Å². The molecule has 2 fully saturated rings. The molecule has 0 radical (unpaired) electrons. The van der Waals surface area contributed by atoms with Crippen molar-refractivity contribution in [3.63, 3.8) is 0 Å². The van der Waals surface area contributed by atoms with Gasteiger partial charge in [0.25, 0.3) is 0 Å². The number of likely N-dealkylation sites (tertiary alicyclic amines) is 1. The Bertz CT molecular complexity index is 175. The van der Waals surface area contributed by atoms with Crippen molar-refractivity contribution >= 4 is 0 Å². The second-order valence-corrected chi connectivity index (χ2v) is 5.35. The zero-order chi connectivity index (χ0) is 10.5. The first-order chi connectivity index (χ1) is 7.40. The lowest BCUT2D eigenvalue weighted by Gasteiger charge is -2.26. The summed E-state index contributed by atoms with van der Waals surface area (Å²) in [4.78, 5) is 2.74. The Balaban J connectivity index is 1.78. The maximum Gasteiger partial charge on any atom is 0.00953 e. The number of nitrogens with two attached hydrogens (primary N) is 1. The molecule has 2 N–H and O–H groups in total. The molecule has 2 rings (SSSR count). The fourth-order valence-corrected chi connectivity index (χ4v) is 3.36. The van der Waals surface area contributed by atoms with Gasteiger partial charge in [-0.25, -0.2) is 0 Å². The highest BCUT2D eigenvalue weighted by atomic mass is 15.2. The average molecular weight is 210 g/mol. The van der Waals surface area contributed by atoms with Crippen molar-refractivity contribution in [2.24, 2.45) is 11.7 Å². The maximum absolute atomic E-state index is 5.66. The van der Waals surface area contributed by atoms with E-state index >= 15 is 0 Å². The molecule has 2 nitrogen and oxygen atoms in total. The summed E-state index contributed by atoms with van der Waals surface area (Å²) in [5.41, 5.74) is 5.66. The first kappa shape index (κ1) is 11.4. The van der Waals surface area contributed by atoms with Gasteiger partial charge in [0.1, 0.15) is 0 Å². The van der Waals surface area contributed by atoms with Gasteiger partial charge in [-0.15, -0.1) is 0 Å². The summed E-state index contributed by atoms with van der Waals surface area (Å²) in [6, 6.07) is 0.912. The van der Waals surface area contributed by atoms with Gasteiger partial charge in [-0.1, -0.05) is 12.8 Å². The Morgan fingerprint density at radius 2 is 1.73 bits per heavy atom. The maximum atomic E-state index is 5.66. The third kappa shape index (κ3) is 3.18. The zero-order valence-electron chi connectivity index (χ0n) is 9.96. The highest BCUT2D eigenvalue weighted by Gasteiger charge is 2.25. The average Bonchev–Trinajstić information content (AvgIpc) is 2.67. The van der Waals surface area contributed by atoms with Crippen molar-refractivity contribution in [3.8, 4) is 0 Å². The van der Waals surface area contributed by atoms with E-state index in [4.69, 9.17) is 5.73 Å². The van der Waals surface area contributed by atoms with Crippen LogP contribution >= 0.6 is 0 Å². The van der Waals surface area contributed by atoms with Gasteiger partial charge in [-0.3, -0.25) is 0 Å². The molecule has 0 aromatic rings. The lowest BCUT2D eigenvalue weighted by molar-refractivity contribution is 0.219. The van der Waals surface area contributed by atoms with Crippen molar-refractivity contribution in [1.82, 2.24) is 4.90 Å². The predicted molar refractivity (Wildman–Crippen MR) is 64.8 cm³/mol. The van der Waals surface area contributed by atoms with Crippen LogP contribution in [-0.2, 0) is 0 Å². The number of hydrogen-bond acceptors (Lipinski definition) is 2. The summed E-state index contributed by atoms with van der Waals surface area (Å²) in [6.07, 6.45) is 11.3. The molecule has 15 heavy (non-hydrogen) atoms. The van der Waals surface area contributed by atoms with Crippen molar-refractivity contribution in [1.29, 1.82) is 0 Å². The summed E-state index contributed by atoms with van der Waals surface area (Å²) in [7, 11) is 0. The summed E-state index contributed by atoms with van der Waals surface area (Å²) in [5.74, 6) is 0.933. The van der Waals surface area contributed by atoms with Gasteiger partial charge >= 0.3 is 0 Å². The van der Waals surface area contributed by atoms with Crippen LogP contribution in [0.3, 0.4) is 0 Å². The van der Waals surface area contributed by atoms with E-state index in [0.29, 0.717) is 0 Å². The minimum absolute atomic E-state index is 0.888. The summed E-state index contributed by atoms with van der Waals surface area (Å²) in [6.45, 7) is 3.62. The topological polar surface area (TPSA) is 29.3 Å². The Hall–Kier alpha value is -0.0800. The van der Waals surface area contributed by atoms with Crippen LogP contribution in [0.1, 0.15) is 51.4 Å². The van der Waals surface area contributed by atoms with Gasteiger partial charge in [-0.05, 0) is 64.1 Å². The molecule has 0 spiro atoms. The van der Waals surface area contributed by atoms with Crippen LogP contribution in [0.25, 0.3) is 0 Å². The van der Waals surface area contributed by atoms with E-state index in [1.54, 1.807) is 0 Å². The summed E-state index contributed by atoms with van der Waals surface area (Å²) in [5, 5.41) is 0. The van der Waals surface area contributed by atoms with E-state index in [9.17, 15) is 0 Å². The van der Waals surface area contributed by atoms with Gasteiger partial charge in [-0.2, -0.15) is 0 Å². The minimum Gasteiger partial charge on any atom is -0.330 e. The van der Waals surface area contributed by atoms with Gasteiger partial charge in [0.2, 0.25) is 0 Å². The van der Waals surface area contributed by atoms with Crippen LogP contribution < -0.4 is 5.73 Å². The standard InChI is InChI=1S/C13H26N2/c14-9-8-12-4-3-5-13(7-6-12)15-10-1-2-11-15/h12-13H,1-11,14H2. The molecule has 1 aliphatic carbocycles. The van der Waals surface area contributed by atoms with Crippen LogP contribution in [0.5, 0.6) is 0 Å². The first-order valence-electron chi connectivity index (χ1n) is 6.84. The second kappa shape index (κ2) is 5.86. The molecule has 2 atom stereocenters. The molecule has 1 saturated heterocycles. The van der Waals surface area contributed by atoms with Crippen molar-refractivity contribution < 1.29 is 0 Å². The normalized spacial score (nSPS) is 34.2. The van der Waals surface area contributed by atoms with Gasteiger partial charge < -0.3 is 10.6 Å². The SMILES string of the molecule is NCCC1CCCC(N2CCCC2)CC1. The molecule has 2 unspecified atom stereocenters. The zero-order valence-corrected chi connectivity index (χ0v) is 9.96. The van der Waals surface area contributed by atoms with Crippen LogP contribution in [-0.4, -0.2) is 30.6 Å². The van der Waals surface area contributed by atoms with Crippen molar-refractivity contribution in [2.75, 3.05) is 19.6 Å². The van der Waals surface area contributed by atoms with Gasteiger partial charge in [0.15, 0.2) is 0 Å². The molecule has 1 heterocycles. The Morgan fingerprint density at radius 1 is 0.933 bits per heavy atom. The number of nitrogens with zero attached hydrogens (tertiary/aromatic N) is 1. The summed E-state index contributed by atoms with van der Waals surface area (Å²) < 4.78 is 0. The molecule has 0 aromatic heterocycles. The Kier molecular flexibility index (Phi) is 4.45. The molecular weight excluding hydrogens is 184 g/mol. The van der Waals surface area contributed by atoms with E-state index in [0.717, 1.165) is 18.5 Å². The fourth-order valence-electron chi connectivity index (χ4n) is 3.36. The number of hydrogen-bond donors (Lipinski definition) is 1. The van der Waals surface area contributed by atoms with E-state index in [1.165, 1.54) is 64.5 Å². The molecule has 0 bridgehead atoms. The van der Waals surface area contributed by atoms with E-state index in [1.807, 2.05) is 0 Å². The van der Waals surface area contributed by atoms with Crippen LogP contribution in [0, 0.1) is 5.92 Å². The van der Waals surface area contributed by atoms with Crippen molar-refractivity contribution in [2.45, 2.75) is 57.4 Å². The van der Waals surface area contributed by atoms with E-state index in [2.05, 4.69) is 4.90 Å². The molecule has 0 aromatic carbocycles. The van der Waals surface area contributed by atoms with E-state index in [-0.39, 0.29) is 0 Å². The molecule has 2 aliphatic rings. The highest BCUT2D eigenvalue weighted by Crippen LogP contribution is 2.29. The molecule has 1 aliphatic heterocycles.